The highest BCUT2D eigenvalue weighted by atomic mass is 19.4. The molecule has 0 N–H and O–H groups in total. The number of nitriles is 1. The Kier molecular flexibility index (Phi) is 5.26. The van der Waals surface area contributed by atoms with Crippen LogP contribution in [0.15, 0.2) is 18.2 Å². The van der Waals surface area contributed by atoms with Gasteiger partial charge in [-0.25, -0.2) is 0 Å². The maximum atomic E-state index is 12.8. The number of halogens is 3. The minimum absolute atomic E-state index is 0.0576. The molecule has 0 saturated carbocycles. The van der Waals surface area contributed by atoms with Crippen LogP contribution in [-0.2, 0) is 15.8 Å². The lowest BCUT2D eigenvalue weighted by Gasteiger charge is -2.36. The van der Waals surface area contributed by atoms with Crippen LogP contribution in [0.3, 0.4) is 0 Å². The number of hydrogen-bond acceptors (Lipinski definition) is 4. The van der Waals surface area contributed by atoms with Crippen LogP contribution in [0.1, 0.15) is 24.0 Å². The van der Waals surface area contributed by atoms with Gasteiger partial charge in [0.25, 0.3) is 0 Å². The number of anilines is 1. The Hall–Kier alpha value is -2.76. The largest absolute Gasteiger partial charge is 0.416 e. The van der Waals surface area contributed by atoms with Crippen LogP contribution in [0.2, 0.25) is 0 Å². The number of piperazine rings is 1. The molecule has 0 radical (unpaired) electrons. The molecule has 0 atom stereocenters. The van der Waals surface area contributed by atoms with Gasteiger partial charge in [-0.1, -0.05) is 0 Å². The van der Waals surface area contributed by atoms with Crippen LogP contribution >= 0.6 is 0 Å². The molecular formula is C18H19F3N4O2. The SMILES string of the molecule is N#Cc1cc(C(F)(F)F)ccc1N1CCN(C(=O)C(=O)N2CCCC2)CC1. The van der Waals surface area contributed by atoms with Gasteiger partial charge in [0, 0.05) is 39.3 Å². The fraction of sp³-hybridized carbons (Fsp3) is 0.500. The van der Waals surface area contributed by atoms with Crippen LogP contribution in [-0.4, -0.2) is 60.9 Å². The van der Waals surface area contributed by atoms with E-state index in [2.05, 4.69) is 0 Å². The monoisotopic (exact) mass is 380 g/mol. The molecule has 0 spiro atoms. The Balaban J connectivity index is 1.66. The first-order valence-corrected chi connectivity index (χ1v) is 8.76. The molecular weight excluding hydrogens is 361 g/mol. The second-order valence-corrected chi connectivity index (χ2v) is 6.62. The highest BCUT2D eigenvalue weighted by molar-refractivity contribution is 6.35. The summed E-state index contributed by atoms with van der Waals surface area (Å²) in [5, 5.41) is 9.21. The van der Waals surface area contributed by atoms with Crippen molar-refractivity contribution in [2.45, 2.75) is 19.0 Å². The molecule has 1 aromatic carbocycles. The molecule has 2 saturated heterocycles. The molecule has 0 bridgehead atoms. The summed E-state index contributed by atoms with van der Waals surface area (Å²) in [5.41, 5.74) is -0.519. The van der Waals surface area contributed by atoms with Gasteiger partial charge in [-0.2, -0.15) is 18.4 Å². The molecule has 27 heavy (non-hydrogen) atoms. The number of hydrogen-bond donors (Lipinski definition) is 0. The van der Waals surface area contributed by atoms with E-state index in [1.165, 1.54) is 11.0 Å². The standard InChI is InChI=1S/C18H19F3N4O2/c19-18(20,21)14-3-4-15(13(11-14)12-22)23-7-9-25(10-8-23)17(27)16(26)24-5-1-2-6-24/h3-4,11H,1-2,5-10H2. The van der Waals surface area contributed by atoms with Crippen molar-refractivity contribution in [2.24, 2.45) is 0 Å². The Morgan fingerprint density at radius 1 is 0.926 bits per heavy atom. The lowest BCUT2D eigenvalue weighted by molar-refractivity contribution is -0.151. The second kappa shape index (κ2) is 7.47. The van der Waals surface area contributed by atoms with Crippen LogP contribution in [0, 0.1) is 11.3 Å². The maximum Gasteiger partial charge on any atom is 0.416 e. The van der Waals surface area contributed by atoms with E-state index in [0.29, 0.717) is 31.9 Å². The Bertz CT molecular complexity index is 774. The molecule has 0 aliphatic carbocycles. The maximum absolute atomic E-state index is 12.8. The first-order chi connectivity index (χ1) is 12.8. The van der Waals surface area contributed by atoms with Gasteiger partial charge in [0.15, 0.2) is 0 Å². The molecule has 6 nitrogen and oxygen atoms in total. The van der Waals surface area contributed by atoms with Crippen LogP contribution < -0.4 is 4.90 Å². The lowest BCUT2D eigenvalue weighted by atomic mass is 10.1. The van der Waals surface area contributed by atoms with Crippen LogP contribution in [0.5, 0.6) is 0 Å². The van der Waals surface area contributed by atoms with Crippen molar-refractivity contribution < 1.29 is 22.8 Å². The smallest absolute Gasteiger partial charge is 0.367 e. The average molecular weight is 380 g/mol. The van der Waals surface area contributed by atoms with Gasteiger partial charge in [0.2, 0.25) is 0 Å². The Morgan fingerprint density at radius 2 is 1.48 bits per heavy atom. The molecule has 2 heterocycles. The van der Waals surface area contributed by atoms with Crippen molar-refractivity contribution in [1.82, 2.24) is 9.80 Å². The average Bonchev–Trinajstić information content (AvgIpc) is 3.20. The normalized spacial score (nSPS) is 17.8. The molecule has 0 aromatic heterocycles. The second-order valence-electron chi connectivity index (χ2n) is 6.62. The van der Waals surface area contributed by atoms with Crippen molar-refractivity contribution in [3.63, 3.8) is 0 Å². The predicted octanol–water partition coefficient (Wildman–Crippen LogP) is 1.85. The number of benzene rings is 1. The summed E-state index contributed by atoms with van der Waals surface area (Å²) in [7, 11) is 0. The van der Waals surface area contributed by atoms with Crippen molar-refractivity contribution in [2.75, 3.05) is 44.2 Å². The number of rotatable bonds is 1. The van der Waals surface area contributed by atoms with Crippen molar-refractivity contribution in [3.05, 3.63) is 29.3 Å². The molecule has 3 rings (SSSR count). The fourth-order valence-electron chi connectivity index (χ4n) is 3.42. The summed E-state index contributed by atoms with van der Waals surface area (Å²) in [6, 6.07) is 4.88. The molecule has 2 aliphatic heterocycles. The Morgan fingerprint density at radius 3 is 2.00 bits per heavy atom. The summed E-state index contributed by atoms with van der Waals surface area (Å²) >= 11 is 0. The number of carbonyl (C=O) groups excluding carboxylic acids is 2. The summed E-state index contributed by atoms with van der Waals surface area (Å²) in [6.07, 6.45) is -2.71. The topological polar surface area (TPSA) is 67.6 Å². The van der Waals surface area contributed by atoms with Gasteiger partial charge in [-0.05, 0) is 31.0 Å². The van der Waals surface area contributed by atoms with Gasteiger partial charge >= 0.3 is 18.0 Å². The third kappa shape index (κ3) is 3.99. The third-order valence-corrected chi connectivity index (χ3v) is 4.93. The van der Waals surface area contributed by atoms with Gasteiger partial charge in [0.05, 0.1) is 16.8 Å². The van der Waals surface area contributed by atoms with Gasteiger partial charge in [0.1, 0.15) is 6.07 Å². The van der Waals surface area contributed by atoms with E-state index in [9.17, 15) is 28.0 Å². The highest BCUT2D eigenvalue weighted by Gasteiger charge is 2.33. The zero-order chi connectivity index (χ0) is 19.6. The molecule has 144 valence electrons. The first-order valence-electron chi connectivity index (χ1n) is 8.76. The summed E-state index contributed by atoms with van der Waals surface area (Å²) in [5.74, 6) is -1.03. The minimum atomic E-state index is -4.51. The van der Waals surface area contributed by atoms with Gasteiger partial charge in [-0.15, -0.1) is 0 Å². The van der Waals surface area contributed by atoms with Crippen molar-refractivity contribution >= 4 is 17.5 Å². The third-order valence-electron chi connectivity index (χ3n) is 4.93. The lowest BCUT2D eigenvalue weighted by Crippen LogP contribution is -2.53. The molecule has 2 aliphatic rings. The Labute approximate surface area is 154 Å². The number of amides is 2. The summed E-state index contributed by atoms with van der Waals surface area (Å²) in [4.78, 5) is 29.3. The quantitative estimate of drug-likeness (QED) is 0.698. The van der Waals surface area contributed by atoms with E-state index >= 15 is 0 Å². The van der Waals surface area contributed by atoms with Crippen LogP contribution in [0.4, 0.5) is 18.9 Å². The summed E-state index contributed by atoms with van der Waals surface area (Å²) in [6.45, 7) is 2.45. The van der Waals surface area contributed by atoms with E-state index < -0.39 is 23.6 Å². The zero-order valence-corrected chi connectivity index (χ0v) is 14.6. The van der Waals surface area contributed by atoms with E-state index in [0.717, 1.165) is 25.0 Å². The number of carbonyl (C=O) groups is 2. The molecule has 1 aromatic rings. The van der Waals surface area contributed by atoms with E-state index in [1.54, 1.807) is 9.80 Å². The minimum Gasteiger partial charge on any atom is -0.367 e. The molecule has 2 amide bonds. The number of likely N-dealkylation sites (tertiary alicyclic amines) is 1. The molecule has 0 unspecified atom stereocenters. The van der Waals surface area contributed by atoms with Gasteiger partial charge in [-0.3, -0.25) is 9.59 Å². The fourth-order valence-corrected chi connectivity index (χ4v) is 3.42. The van der Waals surface area contributed by atoms with E-state index in [1.807, 2.05) is 6.07 Å². The molecule has 2 fully saturated rings. The predicted molar refractivity (Wildman–Crippen MR) is 90.8 cm³/mol. The first kappa shape index (κ1) is 19.0. The van der Waals surface area contributed by atoms with Gasteiger partial charge < -0.3 is 14.7 Å². The highest BCUT2D eigenvalue weighted by Crippen LogP contribution is 2.33. The van der Waals surface area contributed by atoms with Crippen molar-refractivity contribution in [3.8, 4) is 6.07 Å². The van der Waals surface area contributed by atoms with Crippen LogP contribution in [0.25, 0.3) is 0 Å². The van der Waals surface area contributed by atoms with Crippen molar-refractivity contribution in [1.29, 1.82) is 5.26 Å². The van der Waals surface area contributed by atoms with E-state index in [-0.39, 0.29) is 18.7 Å². The number of nitrogens with zero attached hydrogens (tertiary/aromatic N) is 4. The molecule has 9 heteroatoms. The number of alkyl halides is 3. The zero-order valence-electron chi connectivity index (χ0n) is 14.6. The summed E-state index contributed by atoms with van der Waals surface area (Å²) < 4.78 is 38.5. The van der Waals surface area contributed by atoms with E-state index in [4.69, 9.17) is 0 Å².